The van der Waals surface area contributed by atoms with Crippen molar-refractivity contribution < 1.29 is 14.6 Å². The van der Waals surface area contributed by atoms with Gasteiger partial charge >= 0.3 is 5.97 Å². The van der Waals surface area contributed by atoms with E-state index in [4.69, 9.17) is 9.84 Å². The van der Waals surface area contributed by atoms with Gasteiger partial charge in [0.2, 0.25) is 0 Å². The SMILES string of the molecule is CCC(CC)Oc1cc(C(=O)O)ccc1C. The number of benzene rings is 1. The van der Waals surface area contributed by atoms with Gasteiger partial charge in [-0.2, -0.15) is 0 Å². The molecule has 0 aromatic heterocycles. The molecule has 0 radical (unpaired) electrons. The number of hydrogen-bond donors (Lipinski definition) is 1. The lowest BCUT2D eigenvalue weighted by Crippen LogP contribution is -2.14. The second-order valence-electron chi connectivity index (χ2n) is 3.84. The Kier molecular flexibility index (Phi) is 4.35. The summed E-state index contributed by atoms with van der Waals surface area (Å²) in [5.41, 5.74) is 1.24. The highest BCUT2D eigenvalue weighted by Crippen LogP contribution is 2.22. The maximum absolute atomic E-state index is 10.8. The van der Waals surface area contributed by atoms with Crippen LogP contribution in [0.5, 0.6) is 5.75 Å². The summed E-state index contributed by atoms with van der Waals surface area (Å²) in [6.07, 6.45) is 2.00. The standard InChI is InChI=1S/C13H18O3/c1-4-11(5-2)16-12-8-10(13(14)15)7-6-9(12)3/h6-8,11H,4-5H2,1-3H3,(H,14,15). The molecule has 0 saturated heterocycles. The zero-order valence-corrected chi connectivity index (χ0v) is 9.99. The summed E-state index contributed by atoms with van der Waals surface area (Å²) in [6.45, 7) is 6.04. The summed E-state index contributed by atoms with van der Waals surface area (Å²) in [6, 6.07) is 4.97. The van der Waals surface area contributed by atoms with Crippen molar-refractivity contribution in [2.75, 3.05) is 0 Å². The quantitative estimate of drug-likeness (QED) is 0.831. The second kappa shape index (κ2) is 5.54. The van der Waals surface area contributed by atoms with E-state index in [1.165, 1.54) is 0 Å². The van der Waals surface area contributed by atoms with Gasteiger partial charge in [0.15, 0.2) is 0 Å². The first kappa shape index (κ1) is 12.6. The van der Waals surface area contributed by atoms with E-state index in [2.05, 4.69) is 13.8 Å². The van der Waals surface area contributed by atoms with Crippen LogP contribution in [0.4, 0.5) is 0 Å². The van der Waals surface area contributed by atoms with E-state index in [0.29, 0.717) is 5.75 Å². The lowest BCUT2D eigenvalue weighted by molar-refractivity contribution is 0.0696. The average Bonchev–Trinajstić information content (AvgIpc) is 2.27. The highest BCUT2D eigenvalue weighted by atomic mass is 16.5. The topological polar surface area (TPSA) is 46.5 Å². The predicted molar refractivity (Wildman–Crippen MR) is 63.1 cm³/mol. The number of carboxylic acids is 1. The van der Waals surface area contributed by atoms with Crippen molar-refractivity contribution in [2.24, 2.45) is 0 Å². The maximum atomic E-state index is 10.8. The first-order valence-corrected chi connectivity index (χ1v) is 5.59. The van der Waals surface area contributed by atoms with Crippen molar-refractivity contribution in [1.29, 1.82) is 0 Å². The average molecular weight is 222 g/mol. The van der Waals surface area contributed by atoms with Gasteiger partial charge in [-0.15, -0.1) is 0 Å². The molecule has 0 fully saturated rings. The molecular weight excluding hydrogens is 204 g/mol. The van der Waals surface area contributed by atoms with Crippen LogP contribution in [0, 0.1) is 6.92 Å². The normalized spacial score (nSPS) is 10.5. The van der Waals surface area contributed by atoms with E-state index in [1.54, 1.807) is 18.2 Å². The largest absolute Gasteiger partial charge is 0.490 e. The molecule has 0 saturated carbocycles. The second-order valence-corrected chi connectivity index (χ2v) is 3.84. The third-order valence-corrected chi connectivity index (χ3v) is 2.64. The number of hydrogen-bond acceptors (Lipinski definition) is 2. The van der Waals surface area contributed by atoms with Gasteiger partial charge < -0.3 is 9.84 Å². The fraction of sp³-hybridized carbons (Fsp3) is 0.462. The molecule has 16 heavy (non-hydrogen) atoms. The fourth-order valence-corrected chi connectivity index (χ4v) is 1.49. The number of ether oxygens (including phenoxy) is 1. The monoisotopic (exact) mass is 222 g/mol. The van der Waals surface area contributed by atoms with E-state index < -0.39 is 5.97 Å². The molecule has 88 valence electrons. The Labute approximate surface area is 96.1 Å². The summed E-state index contributed by atoms with van der Waals surface area (Å²) in [7, 11) is 0. The Bertz CT molecular complexity index is 367. The Balaban J connectivity index is 2.93. The predicted octanol–water partition coefficient (Wildman–Crippen LogP) is 3.26. The third kappa shape index (κ3) is 2.99. The van der Waals surface area contributed by atoms with Gasteiger partial charge in [-0.3, -0.25) is 0 Å². The molecule has 1 aromatic carbocycles. The highest BCUT2D eigenvalue weighted by Gasteiger charge is 2.10. The molecular formula is C13H18O3. The molecule has 0 atom stereocenters. The minimum absolute atomic E-state index is 0.155. The van der Waals surface area contributed by atoms with Crippen molar-refractivity contribution in [3.8, 4) is 5.75 Å². The van der Waals surface area contributed by atoms with E-state index in [0.717, 1.165) is 18.4 Å². The molecule has 0 aliphatic rings. The smallest absolute Gasteiger partial charge is 0.335 e. The van der Waals surface area contributed by atoms with Gasteiger partial charge in [0, 0.05) is 0 Å². The van der Waals surface area contributed by atoms with Crippen LogP contribution < -0.4 is 4.74 Å². The van der Waals surface area contributed by atoms with Crippen LogP contribution in [-0.4, -0.2) is 17.2 Å². The summed E-state index contributed by atoms with van der Waals surface area (Å²) in [5.74, 6) is -0.247. The Morgan fingerprint density at radius 3 is 2.50 bits per heavy atom. The molecule has 3 heteroatoms. The maximum Gasteiger partial charge on any atom is 0.335 e. The number of carboxylic acid groups (broad SMARTS) is 1. The minimum atomic E-state index is -0.922. The number of aromatic carboxylic acids is 1. The van der Waals surface area contributed by atoms with Crippen LogP contribution in [0.2, 0.25) is 0 Å². The molecule has 0 aliphatic carbocycles. The van der Waals surface area contributed by atoms with Crippen molar-refractivity contribution in [3.05, 3.63) is 29.3 Å². The van der Waals surface area contributed by atoms with Gasteiger partial charge in [0.1, 0.15) is 5.75 Å². The first-order chi connectivity index (χ1) is 7.58. The zero-order valence-electron chi connectivity index (χ0n) is 9.99. The summed E-state index contributed by atoms with van der Waals surface area (Å²) in [4.78, 5) is 10.8. The third-order valence-electron chi connectivity index (χ3n) is 2.64. The highest BCUT2D eigenvalue weighted by molar-refractivity contribution is 5.88. The fourth-order valence-electron chi connectivity index (χ4n) is 1.49. The van der Waals surface area contributed by atoms with Crippen molar-refractivity contribution in [1.82, 2.24) is 0 Å². The van der Waals surface area contributed by atoms with Gasteiger partial charge in [0.25, 0.3) is 0 Å². The van der Waals surface area contributed by atoms with Crippen LogP contribution in [0.3, 0.4) is 0 Å². The van der Waals surface area contributed by atoms with Gasteiger partial charge in [-0.05, 0) is 37.5 Å². The van der Waals surface area contributed by atoms with Gasteiger partial charge in [0.05, 0.1) is 11.7 Å². The van der Waals surface area contributed by atoms with Crippen LogP contribution in [0.15, 0.2) is 18.2 Å². The van der Waals surface area contributed by atoms with E-state index in [-0.39, 0.29) is 11.7 Å². The number of aryl methyl sites for hydroxylation is 1. The molecule has 3 nitrogen and oxygen atoms in total. The minimum Gasteiger partial charge on any atom is -0.490 e. The molecule has 1 aromatic rings. The molecule has 0 spiro atoms. The van der Waals surface area contributed by atoms with Crippen molar-refractivity contribution in [2.45, 2.75) is 39.7 Å². The Hall–Kier alpha value is -1.51. The lowest BCUT2D eigenvalue weighted by atomic mass is 10.1. The van der Waals surface area contributed by atoms with E-state index >= 15 is 0 Å². The molecule has 0 aliphatic heterocycles. The van der Waals surface area contributed by atoms with Gasteiger partial charge in [-0.1, -0.05) is 19.9 Å². The van der Waals surface area contributed by atoms with Crippen LogP contribution in [0.1, 0.15) is 42.6 Å². The lowest BCUT2D eigenvalue weighted by Gasteiger charge is -2.17. The van der Waals surface area contributed by atoms with E-state index in [1.807, 2.05) is 6.92 Å². The van der Waals surface area contributed by atoms with Gasteiger partial charge in [-0.25, -0.2) is 4.79 Å². The molecule has 0 unspecified atom stereocenters. The van der Waals surface area contributed by atoms with Crippen molar-refractivity contribution >= 4 is 5.97 Å². The Morgan fingerprint density at radius 1 is 1.38 bits per heavy atom. The van der Waals surface area contributed by atoms with Crippen LogP contribution in [-0.2, 0) is 0 Å². The zero-order chi connectivity index (χ0) is 12.1. The molecule has 0 heterocycles. The summed E-state index contributed by atoms with van der Waals surface area (Å²) >= 11 is 0. The molecule has 0 bridgehead atoms. The molecule has 0 amide bonds. The molecule has 1 rings (SSSR count). The van der Waals surface area contributed by atoms with Crippen LogP contribution >= 0.6 is 0 Å². The summed E-state index contributed by atoms with van der Waals surface area (Å²) < 4.78 is 5.77. The summed E-state index contributed by atoms with van der Waals surface area (Å²) in [5, 5.41) is 8.89. The number of rotatable bonds is 5. The van der Waals surface area contributed by atoms with E-state index in [9.17, 15) is 4.79 Å². The Morgan fingerprint density at radius 2 is 2.00 bits per heavy atom. The molecule has 1 N–H and O–H groups in total. The number of carbonyl (C=O) groups is 1. The van der Waals surface area contributed by atoms with Crippen LogP contribution in [0.25, 0.3) is 0 Å². The van der Waals surface area contributed by atoms with Crippen molar-refractivity contribution in [3.63, 3.8) is 0 Å². The first-order valence-electron chi connectivity index (χ1n) is 5.59.